The van der Waals surface area contributed by atoms with Gasteiger partial charge < -0.3 is 10.1 Å². The Morgan fingerprint density at radius 1 is 1.32 bits per heavy atom. The molecule has 1 fully saturated rings. The molecule has 1 aliphatic rings. The van der Waals surface area contributed by atoms with Crippen molar-refractivity contribution in [2.24, 2.45) is 0 Å². The quantitative estimate of drug-likeness (QED) is 0.865. The lowest BCUT2D eigenvalue weighted by atomic mass is 9.92. The summed E-state index contributed by atoms with van der Waals surface area (Å²) < 4.78 is 5.30. The molecular formula is C13H14Cl3NO2. The van der Waals surface area contributed by atoms with Crippen molar-refractivity contribution in [2.75, 3.05) is 19.1 Å². The fourth-order valence-electron chi connectivity index (χ4n) is 2.04. The molecule has 0 atom stereocenters. The van der Waals surface area contributed by atoms with E-state index in [0.717, 1.165) is 0 Å². The van der Waals surface area contributed by atoms with Crippen LogP contribution in [0.3, 0.4) is 0 Å². The summed E-state index contributed by atoms with van der Waals surface area (Å²) in [6.45, 7) is 1.20. The fourth-order valence-corrected chi connectivity index (χ4v) is 2.86. The average molecular weight is 323 g/mol. The van der Waals surface area contributed by atoms with Crippen LogP contribution >= 0.6 is 34.8 Å². The van der Waals surface area contributed by atoms with Crippen LogP contribution in [-0.2, 0) is 4.74 Å². The highest BCUT2D eigenvalue weighted by molar-refractivity contribution is 6.36. The monoisotopic (exact) mass is 321 g/mol. The molecule has 1 aromatic rings. The van der Waals surface area contributed by atoms with Crippen molar-refractivity contribution < 1.29 is 9.53 Å². The van der Waals surface area contributed by atoms with Crippen molar-refractivity contribution in [1.82, 2.24) is 5.32 Å². The third kappa shape index (κ3) is 3.54. The summed E-state index contributed by atoms with van der Waals surface area (Å²) >= 11 is 17.9. The highest BCUT2D eigenvalue weighted by atomic mass is 35.5. The van der Waals surface area contributed by atoms with Crippen molar-refractivity contribution >= 4 is 40.7 Å². The number of hydrogen-bond donors (Lipinski definition) is 1. The number of rotatable bonds is 3. The first-order chi connectivity index (χ1) is 9.06. The van der Waals surface area contributed by atoms with E-state index < -0.39 is 5.54 Å². The minimum atomic E-state index is -0.417. The first-order valence-electron chi connectivity index (χ1n) is 5.98. The molecule has 1 amide bonds. The van der Waals surface area contributed by atoms with Gasteiger partial charge in [-0.3, -0.25) is 4.79 Å². The second-order valence-electron chi connectivity index (χ2n) is 4.60. The van der Waals surface area contributed by atoms with Gasteiger partial charge in [-0.1, -0.05) is 23.2 Å². The highest BCUT2D eigenvalue weighted by Crippen LogP contribution is 2.25. The van der Waals surface area contributed by atoms with E-state index in [0.29, 0.717) is 47.5 Å². The van der Waals surface area contributed by atoms with Gasteiger partial charge in [0.15, 0.2) is 0 Å². The van der Waals surface area contributed by atoms with Crippen LogP contribution in [0.25, 0.3) is 0 Å². The molecule has 1 aliphatic heterocycles. The van der Waals surface area contributed by atoms with Gasteiger partial charge in [-0.2, -0.15) is 0 Å². The molecule has 1 heterocycles. The molecular weight excluding hydrogens is 309 g/mol. The number of benzene rings is 1. The van der Waals surface area contributed by atoms with E-state index >= 15 is 0 Å². The van der Waals surface area contributed by atoms with Gasteiger partial charge in [0.25, 0.3) is 5.91 Å². The van der Waals surface area contributed by atoms with E-state index in [1.54, 1.807) is 18.2 Å². The lowest BCUT2D eigenvalue weighted by Gasteiger charge is -2.36. The summed E-state index contributed by atoms with van der Waals surface area (Å²) in [5.41, 5.74) is -0.0121. The lowest BCUT2D eigenvalue weighted by molar-refractivity contribution is 0.0434. The number of amides is 1. The SMILES string of the molecule is O=C(NC1(CCl)CCOCC1)c1ccc(Cl)cc1Cl. The number of ether oxygens (including phenoxy) is 1. The van der Waals surface area contributed by atoms with Gasteiger partial charge in [-0.05, 0) is 31.0 Å². The molecule has 19 heavy (non-hydrogen) atoms. The third-order valence-electron chi connectivity index (χ3n) is 3.26. The van der Waals surface area contributed by atoms with Crippen molar-refractivity contribution in [3.05, 3.63) is 33.8 Å². The predicted octanol–water partition coefficient (Wildman–Crippen LogP) is 3.51. The van der Waals surface area contributed by atoms with E-state index in [1.807, 2.05) is 0 Å². The Morgan fingerprint density at radius 2 is 2.00 bits per heavy atom. The van der Waals surface area contributed by atoms with Gasteiger partial charge in [0.2, 0.25) is 0 Å². The zero-order valence-corrected chi connectivity index (χ0v) is 12.5. The summed E-state index contributed by atoms with van der Waals surface area (Å²) in [6, 6.07) is 4.80. The molecule has 104 valence electrons. The average Bonchev–Trinajstić information content (AvgIpc) is 2.39. The number of carbonyl (C=O) groups excluding carboxylic acids is 1. The Bertz CT molecular complexity index is 473. The predicted molar refractivity (Wildman–Crippen MR) is 77.4 cm³/mol. The summed E-state index contributed by atoms with van der Waals surface area (Å²) in [5.74, 6) is 0.122. The second kappa shape index (κ2) is 6.31. The van der Waals surface area contributed by atoms with Crippen LogP contribution in [0, 0.1) is 0 Å². The van der Waals surface area contributed by atoms with E-state index in [4.69, 9.17) is 39.5 Å². The van der Waals surface area contributed by atoms with Gasteiger partial charge in [0, 0.05) is 24.1 Å². The van der Waals surface area contributed by atoms with Crippen molar-refractivity contribution in [2.45, 2.75) is 18.4 Å². The van der Waals surface area contributed by atoms with Crippen molar-refractivity contribution in [1.29, 1.82) is 0 Å². The van der Waals surface area contributed by atoms with Crippen LogP contribution < -0.4 is 5.32 Å². The van der Waals surface area contributed by atoms with Crippen LogP contribution in [-0.4, -0.2) is 30.5 Å². The summed E-state index contributed by atoms with van der Waals surface area (Å²) in [7, 11) is 0. The molecule has 0 aromatic heterocycles. The maximum Gasteiger partial charge on any atom is 0.253 e. The molecule has 0 saturated carbocycles. The van der Waals surface area contributed by atoms with E-state index in [9.17, 15) is 4.79 Å². The molecule has 0 bridgehead atoms. The molecule has 0 radical (unpaired) electrons. The standard InChI is InChI=1S/C13H14Cl3NO2/c14-8-13(3-5-19-6-4-13)17-12(18)10-2-1-9(15)7-11(10)16/h1-2,7H,3-6,8H2,(H,17,18). The first-order valence-corrected chi connectivity index (χ1v) is 7.27. The van der Waals surface area contributed by atoms with E-state index in [-0.39, 0.29) is 5.91 Å². The molecule has 2 rings (SSSR count). The normalized spacial score (nSPS) is 18.1. The highest BCUT2D eigenvalue weighted by Gasteiger charge is 2.33. The molecule has 0 spiro atoms. The van der Waals surface area contributed by atoms with Crippen LogP contribution in [0.2, 0.25) is 10.0 Å². The number of alkyl halides is 1. The maximum absolute atomic E-state index is 12.3. The molecule has 0 unspecified atom stereocenters. The summed E-state index contributed by atoms with van der Waals surface area (Å²) in [4.78, 5) is 12.3. The third-order valence-corrected chi connectivity index (χ3v) is 4.32. The molecule has 0 aliphatic carbocycles. The van der Waals surface area contributed by atoms with Crippen molar-refractivity contribution in [3.63, 3.8) is 0 Å². The Labute approximate surface area is 127 Å². The Morgan fingerprint density at radius 3 is 2.58 bits per heavy atom. The molecule has 1 N–H and O–H groups in total. The van der Waals surface area contributed by atoms with Gasteiger partial charge in [0.05, 0.1) is 16.1 Å². The Kier molecular flexibility index (Phi) is 4.96. The molecule has 1 aromatic carbocycles. The molecule has 6 heteroatoms. The van der Waals surface area contributed by atoms with E-state index in [1.165, 1.54) is 0 Å². The smallest absolute Gasteiger partial charge is 0.253 e. The zero-order valence-electron chi connectivity index (χ0n) is 10.2. The number of nitrogens with one attached hydrogen (secondary N) is 1. The maximum atomic E-state index is 12.3. The minimum Gasteiger partial charge on any atom is -0.381 e. The van der Waals surface area contributed by atoms with Crippen LogP contribution in [0.15, 0.2) is 18.2 Å². The van der Waals surface area contributed by atoms with Gasteiger partial charge in [-0.15, -0.1) is 11.6 Å². The van der Waals surface area contributed by atoms with Crippen molar-refractivity contribution in [3.8, 4) is 0 Å². The Balaban J connectivity index is 2.15. The van der Waals surface area contributed by atoms with Gasteiger partial charge in [0.1, 0.15) is 0 Å². The first kappa shape index (κ1) is 14.9. The number of halogens is 3. The molecule has 3 nitrogen and oxygen atoms in total. The van der Waals surface area contributed by atoms with Crippen LogP contribution in [0.5, 0.6) is 0 Å². The fraction of sp³-hybridized carbons (Fsp3) is 0.462. The Hall–Kier alpha value is -0.480. The second-order valence-corrected chi connectivity index (χ2v) is 5.72. The van der Waals surface area contributed by atoms with Crippen LogP contribution in [0.4, 0.5) is 0 Å². The van der Waals surface area contributed by atoms with E-state index in [2.05, 4.69) is 5.32 Å². The summed E-state index contributed by atoms with van der Waals surface area (Å²) in [5, 5.41) is 3.81. The van der Waals surface area contributed by atoms with Crippen LogP contribution in [0.1, 0.15) is 23.2 Å². The number of hydrogen-bond acceptors (Lipinski definition) is 2. The minimum absolute atomic E-state index is 0.232. The van der Waals surface area contributed by atoms with Gasteiger partial charge in [-0.25, -0.2) is 0 Å². The summed E-state index contributed by atoms with van der Waals surface area (Å²) in [6.07, 6.45) is 1.40. The largest absolute Gasteiger partial charge is 0.381 e. The molecule has 1 saturated heterocycles. The topological polar surface area (TPSA) is 38.3 Å². The lowest BCUT2D eigenvalue weighted by Crippen LogP contribution is -2.53. The zero-order chi connectivity index (χ0) is 13.9. The number of carbonyl (C=O) groups is 1. The van der Waals surface area contributed by atoms with Gasteiger partial charge >= 0.3 is 0 Å².